The lowest BCUT2D eigenvalue weighted by Crippen LogP contribution is -2.12. The molecule has 0 saturated carbocycles. The molecule has 0 radical (unpaired) electrons. The van der Waals surface area contributed by atoms with Crippen LogP contribution in [0, 0.1) is 6.92 Å². The van der Waals surface area contributed by atoms with Gasteiger partial charge in [-0.25, -0.2) is 0 Å². The Morgan fingerprint density at radius 2 is 1.80 bits per heavy atom. The number of rotatable bonds is 6. The molecule has 2 heterocycles. The third kappa shape index (κ3) is 4.20. The first-order valence-electron chi connectivity index (χ1n) is 9.49. The largest absolute Gasteiger partial charge is 0.481 e. The summed E-state index contributed by atoms with van der Waals surface area (Å²) in [6, 6.07) is 18.6. The molecule has 0 atom stereocenters. The van der Waals surface area contributed by atoms with Crippen molar-refractivity contribution in [3.05, 3.63) is 89.4 Å². The lowest BCUT2D eigenvalue weighted by atomic mass is 10.1. The second-order valence-electron chi connectivity index (χ2n) is 7.03. The van der Waals surface area contributed by atoms with Gasteiger partial charge in [-0.1, -0.05) is 30.3 Å². The summed E-state index contributed by atoms with van der Waals surface area (Å²) >= 11 is 0. The van der Waals surface area contributed by atoms with Gasteiger partial charge in [-0.05, 0) is 42.8 Å². The van der Waals surface area contributed by atoms with Crippen molar-refractivity contribution in [3.8, 4) is 0 Å². The number of hydrogen-bond donors (Lipinski definition) is 2. The Morgan fingerprint density at radius 1 is 1.03 bits per heavy atom. The van der Waals surface area contributed by atoms with E-state index in [2.05, 4.69) is 15.4 Å². The Hall–Kier alpha value is -4.00. The monoisotopic (exact) mass is 400 g/mol. The summed E-state index contributed by atoms with van der Waals surface area (Å²) in [6.45, 7) is 2.37. The van der Waals surface area contributed by atoms with Gasteiger partial charge in [0.05, 0.1) is 29.7 Å². The Balaban J connectivity index is 1.50. The third-order valence-electron chi connectivity index (χ3n) is 4.77. The first-order valence-corrected chi connectivity index (χ1v) is 9.49. The number of hydrogen-bond acceptors (Lipinski definition) is 4. The van der Waals surface area contributed by atoms with E-state index < -0.39 is 5.97 Å². The first-order chi connectivity index (χ1) is 14.5. The van der Waals surface area contributed by atoms with Crippen LogP contribution in [0.1, 0.15) is 27.3 Å². The minimum absolute atomic E-state index is 0.119. The molecule has 0 fully saturated rings. The van der Waals surface area contributed by atoms with E-state index in [4.69, 9.17) is 5.11 Å². The minimum atomic E-state index is -0.908. The van der Waals surface area contributed by atoms with Crippen molar-refractivity contribution in [1.82, 2.24) is 14.8 Å². The lowest BCUT2D eigenvalue weighted by Gasteiger charge is -2.08. The molecule has 4 rings (SSSR count). The molecule has 0 aliphatic heterocycles. The molecule has 2 aromatic heterocycles. The van der Waals surface area contributed by atoms with Gasteiger partial charge in [-0.3, -0.25) is 19.3 Å². The van der Waals surface area contributed by atoms with Crippen molar-refractivity contribution in [3.63, 3.8) is 0 Å². The Morgan fingerprint density at radius 3 is 2.50 bits per heavy atom. The number of aryl methyl sites for hydroxylation is 1. The van der Waals surface area contributed by atoms with E-state index in [1.54, 1.807) is 23.0 Å². The number of amides is 1. The molecule has 7 heteroatoms. The van der Waals surface area contributed by atoms with Crippen LogP contribution in [-0.2, 0) is 17.8 Å². The van der Waals surface area contributed by atoms with Crippen LogP contribution in [0.15, 0.2) is 66.9 Å². The molecule has 0 saturated heterocycles. The van der Waals surface area contributed by atoms with Crippen LogP contribution in [-0.4, -0.2) is 31.7 Å². The normalized spacial score (nSPS) is 10.8. The highest BCUT2D eigenvalue weighted by Crippen LogP contribution is 2.21. The molecule has 7 nitrogen and oxygen atoms in total. The van der Waals surface area contributed by atoms with Crippen LogP contribution in [0.5, 0.6) is 0 Å². The van der Waals surface area contributed by atoms with Crippen molar-refractivity contribution >= 4 is 28.5 Å². The SMILES string of the molecule is Cc1ccc(C(=O)Nc2ccc(Cn3nc(CC(=O)O)c4ccccc43)cc2)cn1. The van der Waals surface area contributed by atoms with Crippen LogP contribution in [0.2, 0.25) is 0 Å². The molecule has 4 aromatic rings. The number of benzene rings is 2. The standard InChI is InChI=1S/C23H20N4O3/c1-15-6-9-17(13-24-15)23(30)25-18-10-7-16(8-11-18)14-27-21-5-3-2-4-19(21)20(26-27)12-22(28)29/h2-11,13H,12,14H2,1H3,(H,25,30)(H,28,29). The molecule has 2 N–H and O–H groups in total. The minimum Gasteiger partial charge on any atom is -0.481 e. The van der Waals surface area contributed by atoms with Gasteiger partial charge in [0.15, 0.2) is 0 Å². The Labute approximate surface area is 173 Å². The summed E-state index contributed by atoms with van der Waals surface area (Å²) in [7, 11) is 0. The molecule has 0 bridgehead atoms. The maximum atomic E-state index is 12.3. The Bertz CT molecular complexity index is 1210. The molecule has 0 spiro atoms. The van der Waals surface area contributed by atoms with Gasteiger partial charge in [0.25, 0.3) is 5.91 Å². The van der Waals surface area contributed by atoms with Gasteiger partial charge in [0.1, 0.15) is 0 Å². The van der Waals surface area contributed by atoms with Gasteiger partial charge in [0, 0.05) is 23.0 Å². The molecule has 0 aliphatic carbocycles. The van der Waals surface area contributed by atoms with E-state index >= 15 is 0 Å². The molecule has 0 aliphatic rings. The summed E-state index contributed by atoms with van der Waals surface area (Å²) in [5.74, 6) is -1.12. The maximum absolute atomic E-state index is 12.3. The average molecular weight is 400 g/mol. The molecular formula is C23H20N4O3. The summed E-state index contributed by atoms with van der Waals surface area (Å²) in [6.07, 6.45) is 1.43. The van der Waals surface area contributed by atoms with Crippen molar-refractivity contribution in [2.75, 3.05) is 5.32 Å². The number of aliphatic carboxylic acids is 1. The molecule has 2 aromatic carbocycles. The highest BCUT2D eigenvalue weighted by atomic mass is 16.4. The number of carboxylic acids is 1. The number of para-hydroxylation sites is 1. The zero-order valence-electron chi connectivity index (χ0n) is 16.4. The highest BCUT2D eigenvalue weighted by molar-refractivity contribution is 6.04. The van der Waals surface area contributed by atoms with E-state index in [1.165, 1.54) is 0 Å². The molecule has 0 unspecified atom stereocenters. The zero-order chi connectivity index (χ0) is 21.1. The fourth-order valence-corrected chi connectivity index (χ4v) is 3.26. The summed E-state index contributed by atoms with van der Waals surface area (Å²) in [4.78, 5) is 27.6. The van der Waals surface area contributed by atoms with Crippen LogP contribution in [0.25, 0.3) is 10.9 Å². The van der Waals surface area contributed by atoms with Crippen molar-refractivity contribution < 1.29 is 14.7 Å². The smallest absolute Gasteiger partial charge is 0.309 e. The van der Waals surface area contributed by atoms with Crippen molar-refractivity contribution in [1.29, 1.82) is 0 Å². The van der Waals surface area contributed by atoms with Crippen molar-refractivity contribution in [2.24, 2.45) is 0 Å². The highest BCUT2D eigenvalue weighted by Gasteiger charge is 2.13. The predicted octanol–water partition coefficient (Wildman–Crippen LogP) is 3.67. The van der Waals surface area contributed by atoms with E-state index in [9.17, 15) is 9.59 Å². The van der Waals surface area contributed by atoms with Crippen molar-refractivity contribution in [2.45, 2.75) is 19.9 Å². The van der Waals surface area contributed by atoms with E-state index in [0.29, 0.717) is 23.5 Å². The van der Waals surface area contributed by atoms with Crippen LogP contribution in [0.4, 0.5) is 5.69 Å². The van der Waals surface area contributed by atoms with E-state index in [0.717, 1.165) is 22.2 Å². The lowest BCUT2D eigenvalue weighted by molar-refractivity contribution is -0.136. The fraction of sp³-hybridized carbons (Fsp3) is 0.130. The molecular weight excluding hydrogens is 380 g/mol. The van der Waals surface area contributed by atoms with Crippen LogP contribution in [0.3, 0.4) is 0 Å². The number of pyridine rings is 1. The first kappa shape index (κ1) is 19.3. The number of carboxylic acid groups (broad SMARTS) is 1. The third-order valence-corrected chi connectivity index (χ3v) is 4.77. The van der Waals surface area contributed by atoms with Crippen LogP contribution >= 0.6 is 0 Å². The maximum Gasteiger partial charge on any atom is 0.309 e. The molecule has 1 amide bonds. The van der Waals surface area contributed by atoms with Crippen LogP contribution < -0.4 is 5.32 Å². The molecule has 150 valence electrons. The number of anilines is 1. The molecule has 30 heavy (non-hydrogen) atoms. The van der Waals surface area contributed by atoms with Gasteiger partial charge < -0.3 is 10.4 Å². The van der Waals surface area contributed by atoms with Gasteiger partial charge in [-0.2, -0.15) is 5.10 Å². The quantitative estimate of drug-likeness (QED) is 0.515. The number of aromatic nitrogens is 3. The number of carbonyl (C=O) groups excluding carboxylic acids is 1. The summed E-state index contributed by atoms with van der Waals surface area (Å²) in [5.41, 5.74) is 4.46. The number of carbonyl (C=O) groups is 2. The number of nitrogens with zero attached hydrogens (tertiary/aromatic N) is 3. The number of fused-ring (bicyclic) bond motifs is 1. The topological polar surface area (TPSA) is 97.1 Å². The number of nitrogens with one attached hydrogen (secondary N) is 1. The van der Waals surface area contributed by atoms with E-state index in [1.807, 2.05) is 55.5 Å². The fourth-order valence-electron chi connectivity index (χ4n) is 3.26. The Kier molecular flexibility index (Phi) is 5.26. The van der Waals surface area contributed by atoms with Gasteiger partial charge in [0.2, 0.25) is 0 Å². The predicted molar refractivity (Wildman–Crippen MR) is 114 cm³/mol. The second kappa shape index (κ2) is 8.16. The second-order valence-corrected chi connectivity index (χ2v) is 7.03. The van der Waals surface area contributed by atoms with Gasteiger partial charge >= 0.3 is 5.97 Å². The average Bonchev–Trinajstić information content (AvgIpc) is 3.07. The summed E-state index contributed by atoms with van der Waals surface area (Å²) in [5, 5.41) is 17.3. The zero-order valence-corrected chi connectivity index (χ0v) is 16.4. The van der Waals surface area contributed by atoms with E-state index in [-0.39, 0.29) is 12.3 Å². The summed E-state index contributed by atoms with van der Waals surface area (Å²) < 4.78 is 1.80. The van der Waals surface area contributed by atoms with Gasteiger partial charge in [-0.15, -0.1) is 0 Å².